The molecule has 49 heavy (non-hydrogen) atoms. The van der Waals surface area contributed by atoms with E-state index in [2.05, 4.69) is 4.98 Å². The number of carbonyl (C=O) groups is 1. The van der Waals surface area contributed by atoms with E-state index in [-0.39, 0.29) is 17.3 Å². The number of aromatic nitrogens is 2. The van der Waals surface area contributed by atoms with E-state index < -0.39 is 33.5 Å². The Hall–Kier alpha value is -2.51. The van der Waals surface area contributed by atoms with Gasteiger partial charge in [-0.3, -0.25) is 4.79 Å². The minimum Gasteiger partial charge on any atom is -0.748 e. The van der Waals surface area contributed by atoms with Gasteiger partial charge in [0.15, 0.2) is 5.82 Å². The van der Waals surface area contributed by atoms with Gasteiger partial charge in [-0.05, 0) is 60.1 Å². The number of alkyl halides is 3. The van der Waals surface area contributed by atoms with Gasteiger partial charge in [0.2, 0.25) is 5.78 Å². The van der Waals surface area contributed by atoms with Crippen molar-refractivity contribution in [2.45, 2.75) is 76.4 Å². The molecular weight excluding hydrogens is 705 g/mol. The average Bonchev–Trinajstić information content (AvgIpc) is 3.52. The van der Waals surface area contributed by atoms with Crippen LogP contribution in [0.1, 0.15) is 91.0 Å². The van der Waals surface area contributed by atoms with Crippen molar-refractivity contribution in [2.24, 2.45) is 11.3 Å². The fourth-order valence-electron chi connectivity index (χ4n) is 8.23. The smallest absolute Gasteiger partial charge is 0.419 e. The molecule has 7 nitrogen and oxygen atoms in total. The van der Waals surface area contributed by atoms with Crippen LogP contribution in [0, 0.1) is 17.2 Å². The third kappa shape index (κ3) is 9.24. The van der Waals surface area contributed by atoms with Crippen molar-refractivity contribution in [1.82, 2.24) is 9.55 Å². The van der Waals surface area contributed by atoms with Gasteiger partial charge >= 0.3 is 6.18 Å². The van der Waals surface area contributed by atoms with Crippen LogP contribution in [0.25, 0.3) is 0 Å². The Morgan fingerprint density at radius 2 is 1.67 bits per heavy atom. The molecule has 7 rings (SSSR count). The number of fused-ring (bicyclic) bond motifs is 3. The highest BCUT2D eigenvalue weighted by atomic mass is 35.5. The molecule has 0 N–H and O–H groups in total. The Kier molecular flexibility index (Phi) is 11.5. The number of halogens is 6. The first kappa shape index (κ1) is 37.7. The molecule has 0 amide bonds. The second kappa shape index (κ2) is 15.0. The maximum atomic E-state index is 13.9. The zero-order valence-corrected chi connectivity index (χ0v) is 29.7. The highest BCUT2D eigenvalue weighted by Crippen LogP contribution is 2.53. The molecule has 3 saturated heterocycles. The maximum absolute atomic E-state index is 13.9. The molecule has 2 aromatic carbocycles. The number of hydrogen-bond donors (Lipinski definition) is 0. The molecule has 1 aliphatic carbocycles. The molecule has 0 radical (unpaired) electrons. The Balaban J connectivity index is 0.000000874. The molecule has 4 fully saturated rings. The zero-order chi connectivity index (χ0) is 35.6. The van der Waals surface area contributed by atoms with Crippen LogP contribution in [0.4, 0.5) is 17.6 Å². The number of hydrogen-bond acceptors (Lipinski definition) is 5. The fraction of sp³-hybridized carbons (Fsp3) is 0.543. The highest BCUT2D eigenvalue weighted by Gasteiger charge is 2.52. The van der Waals surface area contributed by atoms with Crippen molar-refractivity contribution in [1.29, 1.82) is 0 Å². The van der Waals surface area contributed by atoms with Crippen molar-refractivity contribution < 1.29 is 39.8 Å². The summed E-state index contributed by atoms with van der Waals surface area (Å²) in [5, 5.41) is 0.903. The highest BCUT2D eigenvalue weighted by molar-refractivity contribution is 7.84. The van der Waals surface area contributed by atoms with Crippen molar-refractivity contribution >= 4 is 39.1 Å². The van der Waals surface area contributed by atoms with E-state index >= 15 is 0 Å². The average molecular weight is 747 g/mol. The van der Waals surface area contributed by atoms with Gasteiger partial charge in [0.1, 0.15) is 5.82 Å². The van der Waals surface area contributed by atoms with Crippen molar-refractivity contribution in [3.63, 3.8) is 0 Å². The summed E-state index contributed by atoms with van der Waals surface area (Å²) >= 11 is 12.7. The lowest BCUT2D eigenvalue weighted by molar-refractivity contribution is -0.946. The number of ketones is 1. The van der Waals surface area contributed by atoms with Gasteiger partial charge in [0.25, 0.3) is 0 Å². The van der Waals surface area contributed by atoms with Crippen molar-refractivity contribution in [3.05, 3.63) is 87.2 Å². The van der Waals surface area contributed by atoms with E-state index in [1.165, 1.54) is 77.2 Å². The molecule has 3 aliphatic heterocycles. The summed E-state index contributed by atoms with van der Waals surface area (Å²) in [6, 6.07) is 7.89. The van der Waals surface area contributed by atoms with Gasteiger partial charge in [0.05, 0.1) is 51.9 Å². The van der Waals surface area contributed by atoms with Crippen molar-refractivity contribution in [2.75, 3.05) is 32.4 Å². The number of nitrogens with zero attached hydrogens (tertiary/aromatic N) is 3. The molecule has 1 atom stereocenters. The van der Waals surface area contributed by atoms with Gasteiger partial charge < -0.3 is 13.6 Å². The van der Waals surface area contributed by atoms with Gasteiger partial charge in [0, 0.05) is 62.4 Å². The first-order valence-electron chi connectivity index (χ1n) is 16.6. The summed E-state index contributed by atoms with van der Waals surface area (Å²) in [5.41, 5.74) is -0.225. The van der Waals surface area contributed by atoms with E-state index in [0.29, 0.717) is 40.4 Å². The largest absolute Gasteiger partial charge is 0.748 e. The molecule has 3 aromatic rings. The summed E-state index contributed by atoms with van der Waals surface area (Å²) in [5.74, 6) is -1.26. The summed E-state index contributed by atoms with van der Waals surface area (Å²) in [4.78, 5) is 17.6. The van der Waals surface area contributed by atoms with E-state index in [1.807, 2.05) is 12.1 Å². The zero-order valence-electron chi connectivity index (χ0n) is 27.3. The molecule has 1 unspecified atom stereocenters. The van der Waals surface area contributed by atoms with Crippen LogP contribution >= 0.6 is 23.2 Å². The third-order valence-electron chi connectivity index (χ3n) is 11.0. The van der Waals surface area contributed by atoms with E-state index in [9.17, 15) is 22.4 Å². The molecule has 4 aliphatic rings. The molecule has 2 bridgehead atoms. The predicted octanol–water partition coefficient (Wildman–Crippen LogP) is 8.50. The van der Waals surface area contributed by atoms with Crippen LogP contribution in [-0.4, -0.2) is 65.2 Å². The first-order chi connectivity index (χ1) is 23.0. The first-order valence-corrected chi connectivity index (χ1v) is 19.2. The van der Waals surface area contributed by atoms with Crippen LogP contribution in [0.3, 0.4) is 0 Å². The van der Waals surface area contributed by atoms with Gasteiger partial charge in [-0.25, -0.2) is 17.8 Å². The van der Waals surface area contributed by atoms with Crippen LogP contribution in [0.2, 0.25) is 10.0 Å². The van der Waals surface area contributed by atoms with Crippen LogP contribution in [0.5, 0.6) is 0 Å². The summed E-state index contributed by atoms with van der Waals surface area (Å²) < 4.78 is 84.0. The third-order valence-corrected chi connectivity index (χ3v) is 11.7. The summed E-state index contributed by atoms with van der Waals surface area (Å²) in [6.07, 6.45) is 10.5. The van der Waals surface area contributed by atoms with Gasteiger partial charge in [-0.15, -0.1) is 0 Å². The molecular formula is C35H41Cl2F4N3O4S. The second-order valence-electron chi connectivity index (χ2n) is 14.0. The summed E-state index contributed by atoms with van der Waals surface area (Å²) in [6.45, 7) is 4.98. The van der Waals surface area contributed by atoms with Crippen LogP contribution < -0.4 is 0 Å². The van der Waals surface area contributed by atoms with Crippen LogP contribution in [-0.2, 0) is 22.8 Å². The Bertz CT molecular complexity index is 1730. The van der Waals surface area contributed by atoms with E-state index in [1.54, 1.807) is 16.8 Å². The summed E-state index contributed by atoms with van der Waals surface area (Å²) in [7, 11) is -3.92. The lowest BCUT2D eigenvalue weighted by Gasteiger charge is -2.58. The fourth-order valence-corrected chi connectivity index (χ4v) is 8.53. The van der Waals surface area contributed by atoms with E-state index in [0.717, 1.165) is 35.0 Å². The minimum atomic E-state index is -4.92. The monoisotopic (exact) mass is 745 g/mol. The number of rotatable bonds is 9. The van der Waals surface area contributed by atoms with E-state index in [4.69, 9.17) is 36.2 Å². The second-order valence-corrected chi connectivity index (χ2v) is 16.2. The van der Waals surface area contributed by atoms with Crippen LogP contribution in [0.15, 0.2) is 48.8 Å². The lowest BCUT2D eigenvalue weighted by atomic mass is 9.59. The molecule has 0 spiro atoms. The number of quaternary nitrogens is 1. The maximum Gasteiger partial charge on any atom is 0.419 e. The number of piperidine rings is 3. The molecule has 1 aromatic heterocycles. The standard InChI is InChI=1S/C34H38Cl2F4N3O.CH4O3S/c35-28-8-6-23(21-29(28)36)25(10-16-43-17-11-33(12-18-43,13-19-43)26-4-2-1-3-5-26)22-42-15-14-41-32(42)31(44)24-7-9-30(37)27(20-24)34(38,39)40;1-5(2,3)4/h6-9,14-15,20-21,25-26H,1-5,10-13,16-19,22H2;1H3,(H,2,3,4)/q+1;/p-1. The topological polar surface area (TPSA) is 92.1 Å². The normalized spacial score (nSPS) is 23.5. The Morgan fingerprint density at radius 1 is 1.04 bits per heavy atom. The van der Waals surface area contributed by atoms with Crippen molar-refractivity contribution in [3.8, 4) is 0 Å². The number of carbonyl (C=O) groups excluding carboxylic acids is 1. The van der Waals surface area contributed by atoms with Gasteiger partial charge in [-0.1, -0.05) is 48.5 Å². The molecule has 268 valence electrons. The van der Waals surface area contributed by atoms with Gasteiger partial charge in [-0.2, -0.15) is 13.2 Å². The quantitative estimate of drug-likeness (QED) is 0.0949. The minimum absolute atomic E-state index is 0.00930. The molecule has 4 heterocycles. The lowest BCUT2D eigenvalue weighted by Crippen LogP contribution is -2.63. The molecule has 1 saturated carbocycles. The number of benzene rings is 2. The predicted molar refractivity (Wildman–Crippen MR) is 179 cm³/mol. The Labute approximate surface area is 295 Å². The number of imidazole rings is 1. The molecule has 14 heteroatoms. The SMILES string of the molecule is CS(=O)(=O)[O-].O=C(c1ccc(F)c(C(F)(F)F)c1)c1nccn1CC(CC[N+]12CCC(C3CCCCC3)(CC1)CC2)c1ccc(Cl)c(Cl)c1. The Morgan fingerprint density at radius 3 is 2.27 bits per heavy atom.